The second-order valence-electron chi connectivity index (χ2n) is 3.38. The number of rotatable bonds is 3. The summed E-state index contributed by atoms with van der Waals surface area (Å²) < 4.78 is 32.4. The number of benzene rings is 1. The van der Waals surface area contributed by atoms with Crippen LogP contribution >= 0.6 is 27.3 Å². The third-order valence-corrected chi connectivity index (χ3v) is 4.53. The van der Waals surface area contributed by atoms with Gasteiger partial charge in [-0.15, -0.1) is 11.3 Å². The van der Waals surface area contributed by atoms with E-state index in [1.807, 2.05) is 17.5 Å². The smallest absolute Gasteiger partial charge is 0.134 e. The fourth-order valence-corrected chi connectivity index (χ4v) is 3.12. The van der Waals surface area contributed by atoms with Crippen LogP contribution in [0, 0.1) is 11.6 Å². The van der Waals surface area contributed by atoms with Gasteiger partial charge in [-0.1, -0.05) is 22.0 Å². The lowest BCUT2D eigenvalue weighted by Gasteiger charge is -2.12. The molecule has 0 radical (unpaired) electrons. The molecular formula is C12H9BrF2OS. The maximum atomic E-state index is 13.8. The van der Waals surface area contributed by atoms with E-state index in [0.717, 1.165) is 4.88 Å². The van der Waals surface area contributed by atoms with E-state index in [-0.39, 0.29) is 11.3 Å². The molecule has 0 bridgehead atoms. The number of ether oxygens (including phenoxy) is 1. The zero-order valence-electron chi connectivity index (χ0n) is 8.91. The van der Waals surface area contributed by atoms with Gasteiger partial charge in [0.15, 0.2) is 0 Å². The maximum Gasteiger partial charge on any atom is 0.134 e. The quantitative estimate of drug-likeness (QED) is 0.756. The van der Waals surface area contributed by atoms with E-state index in [4.69, 9.17) is 4.74 Å². The number of methoxy groups -OCH3 is 1. The minimum absolute atomic E-state index is 0.00764. The first-order valence-electron chi connectivity index (χ1n) is 4.84. The van der Waals surface area contributed by atoms with E-state index in [0.29, 0.717) is 0 Å². The minimum Gasteiger partial charge on any atom is -0.497 e. The summed E-state index contributed by atoms with van der Waals surface area (Å²) in [5.74, 6) is -1.05. The number of thiophene rings is 1. The molecule has 0 spiro atoms. The Kier molecular flexibility index (Phi) is 3.79. The Morgan fingerprint density at radius 3 is 2.41 bits per heavy atom. The van der Waals surface area contributed by atoms with Crippen LogP contribution in [0.1, 0.15) is 15.3 Å². The van der Waals surface area contributed by atoms with Crippen LogP contribution in [-0.4, -0.2) is 7.11 Å². The number of halogens is 3. The molecule has 0 N–H and O–H groups in total. The van der Waals surface area contributed by atoms with Crippen LogP contribution in [-0.2, 0) is 0 Å². The fourth-order valence-electron chi connectivity index (χ4n) is 1.50. The third kappa shape index (κ3) is 2.50. The highest BCUT2D eigenvalue weighted by molar-refractivity contribution is 9.09. The Morgan fingerprint density at radius 1 is 1.29 bits per heavy atom. The van der Waals surface area contributed by atoms with Crippen molar-refractivity contribution in [3.8, 4) is 5.75 Å². The summed E-state index contributed by atoms with van der Waals surface area (Å²) in [5.41, 5.74) is 0.00764. The van der Waals surface area contributed by atoms with Crippen LogP contribution in [0.25, 0.3) is 0 Å². The number of hydrogen-bond donors (Lipinski definition) is 0. The third-order valence-electron chi connectivity index (χ3n) is 2.33. The zero-order chi connectivity index (χ0) is 12.4. The van der Waals surface area contributed by atoms with Crippen LogP contribution in [0.3, 0.4) is 0 Å². The molecule has 1 aromatic carbocycles. The molecule has 0 fully saturated rings. The zero-order valence-corrected chi connectivity index (χ0v) is 11.3. The monoisotopic (exact) mass is 318 g/mol. The van der Waals surface area contributed by atoms with Crippen molar-refractivity contribution >= 4 is 27.3 Å². The van der Waals surface area contributed by atoms with Gasteiger partial charge in [0, 0.05) is 22.6 Å². The summed E-state index contributed by atoms with van der Waals surface area (Å²) in [6, 6.07) is 6.03. The predicted molar refractivity (Wildman–Crippen MR) is 68.0 cm³/mol. The summed E-state index contributed by atoms with van der Waals surface area (Å²) >= 11 is 4.75. The van der Waals surface area contributed by atoms with Crippen LogP contribution in [0.2, 0.25) is 0 Å². The van der Waals surface area contributed by atoms with Crippen LogP contribution in [0.4, 0.5) is 8.78 Å². The summed E-state index contributed by atoms with van der Waals surface area (Å²) in [5, 5.41) is 1.86. The van der Waals surface area contributed by atoms with Crippen LogP contribution < -0.4 is 4.74 Å². The first-order valence-corrected chi connectivity index (χ1v) is 6.63. The topological polar surface area (TPSA) is 9.23 Å². The van der Waals surface area contributed by atoms with Crippen LogP contribution in [0.5, 0.6) is 5.75 Å². The number of alkyl halides is 1. The summed E-state index contributed by atoms with van der Waals surface area (Å²) in [4.78, 5) is 0.376. The molecule has 90 valence electrons. The Balaban J connectivity index is 2.45. The van der Waals surface area contributed by atoms with E-state index < -0.39 is 16.5 Å². The summed E-state index contributed by atoms with van der Waals surface area (Å²) in [7, 11) is 1.37. The lowest BCUT2D eigenvalue weighted by molar-refractivity contribution is 0.405. The van der Waals surface area contributed by atoms with E-state index in [1.54, 1.807) is 0 Å². The normalized spacial score (nSPS) is 12.5. The molecule has 5 heteroatoms. The van der Waals surface area contributed by atoms with Crippen molar-refractivity contribution in [2.75, 3.05) is 7.11 Å². The lowest BCUT2D eigenvalue weighted by Crippen LogP contribution is -2.00. The van der Waals surface area contributed by atoms with Crippen molar-refractivity contribution in [1.29, 1.82) is 0 Å². The molecule has 1 atom stereocenters. The van der Waals surface area contributed by atoms with Gasteiger partial charge in [0.1, 0.15) is 17.4 Å². The average molecular weight is 319 g/mol. The Hall–Kier alpha value is -0.940. The molecule has 0 saturated heterocycles. The molecule has 1 aromatic heterocycles. The molecule has 1 nitrogen and oxygen atoms in total. The average Bonchev–Trinajstić information content (AvgIpc) is 2.81. The first kappa shape index (κ1) is 12.5. The van der Waals surface area contributed by atoms with Gasteiger partial charge in [-0.25, -0.2) is 8.78 Å². The molecule has 0 aliphatic heterocycles. The molecule has 1 unspecified atom stereocenters. The minimum atomic E-state index is -0.614. The molecule has 0 aliphatic rings. The number of hydrogen-bond acceptors (Lipinski definition) is 2. The fraction of sp³-hybridized carbons (Fsp3) is 0.167. The van der Waals surface area contributed by atoms with Crippen molar-refractivity contribution < 1.29 is 13.5 Å². The molecule has 0 aliphatic carbocycles. The summed E-state index contributed by atoms with van der Waals surface area (Å²) in [6.07, 6.45) is 0. The second-order valence-corrected chi connectivity index (χ2v) is 5.28. The Bertz CT molecular complexity index is 490. The highest BCUT2D eigenvalue weighted by atomic mass is 79.9. The van der Waals surface area contributed by atoms with Gasteiger partial charge in [-0.3, -0.25) is 0 Å². The maximum absolute atomic E-state index is 13.8. The van der Waals surface area contributed by atoms with Gasteiger partial charge in [0.05, 0.1) is 11.9 Å². The van der Waals surface area contributed by atoms with Gasteiger partial charge in [0.25, 0.3) is 0 Å². The van der Waals surface area contributed by atoms with E-state index in [1.165, 1.54) is 30.6 Å². The van der Waals surface area contributed by atoms with Crippen molar-refractivity contribution in [2.45, 2.75) is 4.83 Å². The summed E-state index contributed by atoms with van der Waals surface area (Å²) in [6.45, 7) is 0. The molecule has 0 saturated carbocycles. The second kappa shape index (κ2) is 5.14. The first-order chi connectivity index (χ1) is 8.13. The predicted octanol–water partition coefficient (Wildman–Crippen LogP) is 4.52. The Labute approximate surface area is 110 Å². The molecular weight excluding hydrogens is 310 g/mol. The highest BCUT2D eigenvalue weighted by Crippen LogP contribution is 2.37. The van der Waals surface area contributed by atoms with Gasteiger partial charge in [-0.2, -0.15) is 0 Å². The molecule has 2 aromatic rings. The molecule has 1 heterocycles. The standard InChI is InChI=1S/C12H9BrF2OS/c1-16-7-5-8(14)11(9(15)6-7)12(13)10-3-2-4-17-10/h2-6,12H,1H3. The van der Waals surface area contributed by atoms with Crippen molar-refractivity contribution in [1.82, 2.24) is 0 Å². The van der Waals surface area contributed by atoms with Gasteiger partial charge in [0.2, 0.25) is 0 Å². The van der Waals surface area contributed by atoms with Gasteiger partial charge >= 0.3 is 0 Å². The van der Waals surface area contributed by atoms with Gasteiger partial charge in [-0.05, 0) is 11.4 Å². The molecule has 17 heavy (non-hydrogen) atoms. The Morgan fingerprint density at radius 2 is 1.94 bits per heavy atom. The SMILES string of the molecule is COc1cc(F)c(C(Br)c2cccs2)c(F)c1. The molecule has 0 amide bonds. The van der Waals surface area contributed by atoms with Crippen LogP contribution in [0.15, 0.2) is 29.6 Å². The molecule has 2 rings (SSSR count). The van der Waals surface area contributed by atoms with E-state index >= 15 is 0 Å². The van der Waals surface area contributed by atoms with E-state index in [2.05, 4.69) is 15.9 Å². The van der Waals surface area contributed by atoms with Crippen molar-refractivity contribution in [3.05, 3.63) is 51.7 Å². The van der Waals surface area contributed by atoms with E-state index in [9.17, 15) is 8.78 Å². The van der Waals surface area contributed by atoms with Crippen molar-refractivity contribution in [3.63, 3.8) is 0 Å². The van der Waals surface area contributed by atoms with Gasteiger partial charge < -0.3 is 4.74 Å². The lowest BCUT2D eigenvalue weighted by atomic mass is 10.1. The highest BCUT2D eigenvalue weighted by Gasteiger charge is 2.21. The largest absolute Gasteiger partial charge is 0.497 e. The van der Waals surface area contributed by atoms with Crippen molar-refractivity contribution in [2.24, 2.45) is 0 Å².